The summed E-state index contributed by atoms with van der Waals surface area (Å²) in [6, 6.07) is 14.7. The van der Waals surface area contributed by atoms with Gasteiger partial charge in [0.1, 0.15) is 0 Å². The van der Waals surface area contributed by atoms with Crippen molar-refractivity contribution < 1.29 is 9.53 Å². The molecule has 4 aromatic rings. The number of para-hydroxylation sites is 1. The average Bonchev–Trinajstić information content (AvgIpc) is 3.40. The fourth-order valence-corrected chi connectivity index (χ4v) is 4.14. The quantitative estimate of drug-likeness (QED) is 0.377. The largest absolute Gasteiger partial charge is 0.451 e. The molecule has 0 spiro atoms. The first kappa shape index (κ1) is 18.3. The number of carbonyl (C=O) groups excluding carboxylic acids is 1. The highest BCUT2D eigenvalue weighted by Gasteiger charge is 2.20. The summed E-state index contributed by atoms with van der Waals surface area (Å²) in [6.07, 6.45) is 1.12. The number of thiophene rings is 2. The highest BCUT2D eigenvalue weighted by Crippen LogP contribution is 2.27. The number of ether oxygens (including phenoxy) is 1. The van der Waals surface area contributed by atoms with Gasteiger partial charge in [0, 0.05) is 9.75 Å². The molecule has 4 rings (SSSR count). The van der Waals surface area contributed by atoms with Crippen LogP contribution in [0.3, 0.4) is 0 Å². The predicted octanol–water partition coefficient (Wildman–Crippen LogP) is 4.89. The van der Waals surface area contributed by atoms with Crippen LogP contribution >= 0.6 is 22.7 Å². The summed E-state index contributed by atoms with van der Waals surface area (Å²) >= 11 is 3.02. The molecule has 3 heterocycles. The highest BCUT2D eigenvalue weighted by molar-refractivity contribution is 7.12. The number of nitrogens with one attached hydrogen (secondary N) is 1. The summed E-state index contributed by atoms with van der Waals surface area (Å²) < 4.78 is 5.65. The van der Waals surface area contributed by atoms with Crippen LogP contribution in [0.5, 0.6) is 0 Å². The second-order valence-electron chi connectivity index (χ2n) is 6.07. The van der Waals surface area contributed by atoms with Crippen LogP contribution in [0.25, 0.3) is 22.6 Å². The molecule has 1 aromatic carbocycles. The minimum Gasteiger partial charge on any atom is -0.451 e. The zero-order valence-corrected chi connectivity index (χ0v) is 16.5. The molecule has 0 fully saturated rings. The van der Waals surface area contributed by atoms with Crippen molar-refractivity contribution in [3.8, 4) is 0 Å². The summed E-state index contributed by atoms with van der Waals surface area (Å²) in [5.41, 5.74) is 0.792. The molecule has 0 radical (unpaired) electrons. The first-order valence-corrected chi connectivity index (χ1v) is 10.4. The van der Waals surface area contributed by atoms with Gasteiger partial charge in [-0.3, -0.25) is 4.79 Å². The van der Waals surface area contributed by atoms with Gasteiger partial charge in [-0.15, -0.1) is 22.7 Å². The van der Waals surface area contributed by atoms with Gasteiger partial charge in [0.05, 0.1) is 16.5 Å². The normalized spacial score (nSPS) is 12.8. The number of H-pyrrole nitrogens is 1. The molecule has 1 N–H and O–H groups in total. The van der Waals surface area contributed by atoms with Crippen LogP contribution in [-0.2, 0) is 9.53 Å². The standard InChI is InChI=1S/C21H16N2O3S2/c1-13(19-22-17-8-3-2-7-15(17)20(24)23-19)26-21(25)16(18-9-5-11-28-18)12-14-6-4-10-27-14/h2-13H,1H3,(H,22,23,24)/b16-12+/t13-/m0/s1. The number of esters is 1. The Morgan fingerprint density at radius 2 is 1.89 bits per heavy atom. The van der Waals surface area contributed by atoms with E-state index in [-0.39, 0.29) is 5.56 Å². The van der Waals surface area contributed by atoms with Gasteiger partial charge in [-0.2, -0.15) is 0 Å². The lowest BCUT2D eigenvalue weighted by atomic mass is 10.2. The highest BCUT2D eigenvalue weighted by atomic mass is 32.1. The summed E-state index contributed by atoms with van der Waals surface area (Å²) in [6.45, 7) is 1.70. The van der Waals surface area contributed by atoms with E-state index in [1.165, 1.54) is 11.3 Å². The molecule has 0 amide bonds. The molecule has 5 nitrogen and oxygen atoms in total. The van der Waals surface area contributed by atoms with Crippen LogP contribution < -0.4 is 5.56 Å². The van der Waals surface area contributed by atoms with Crippen molar-refractivity contribution >= 4 is 51.2 Å². The van der Waals surface area contributed by atoms with E-state index in [1.807, 2.05) is 47.2 Å². The van der Waals surface area contributed by atoms with Gasteiger partial charge in [-0.1, -0.05) is 24.3 Å². The predicted molar refractivity (Wildman–Crippen MR) is 113 cm³/mol. The zero-order valence-electron chi connectivity index (χ0n) is 14.9. The minimum atomic E-state index is -0.698. The molecule has 0 aliphatic heterocycles. The molecule has 7 heteroatoms. The molecule has 0 saturated carbocycles. The van der Waals surface area contributed by atoms with E-state index in [1.54, 1.807) is 36.5 Å². The number of aromatic nitrogens is 2. The fourth-order valence-electron chi connectivity index (χ4n) is 2.76. The average molecular weight is 409 g/mol. The maximum atomic E-state index is 12.9. The first-order chi connectivity index (χ1) is 13.6. The van der Waals surface area contributed by atoms with Crippen LogP contribution in [0.4, 0.5) is 0 Å². The minimum absolute atomic E-state index is 0.254. The summed E-state index contributed by atoms with van der Waals surface area (Å²) in [7, 11) is 0. The van der Waals surface area contributed by atoms with E-state index in [0.717, 1.165) is 9.75 Å². The molecule has 0 aliphatic rings. The Morgan fingerprint density at radius 3 is 2.64 bits per heavy atom. The van der Waals surface area contributed by atoms with Gasteiger partial charge in [-0.25, -0.2) is 9.78 Å². The number of carbonyl (C=O) groups is 1. The van der Waals surface area contributed by atoms with Crippen LogP contribution in [0.2, 0.25) is 0 Å². The number of hydrogen-bond donors (Lipinski definition) is 1. The molecule has 1 atom stereocenters. The molecule has 140 valence electrons. The third-order valence-corrected chi connectivity index (χ3v) is 5.86. The van der Waals surface area contributed by atoms with Crippen LogP contribution in [0.15, 0.2) is 64.1 Å². The number of aromatic amines is 1. The Kier molecular flexibility index (Phi) is 5.18. The first-order valence-electron chi connectivity index (χ1n) is 8.61. The lowest BCUT2D eigenvalue weighted by Crippen LogP contribution is -2.17. The number of rotatable bonds is 5. The van der Waals surface area contributed by atoms with E-state index in [4.69, 9.17) is 4.74 Å². The van der Waals surface area contributed by atoms with Crippen LogP contribution in [0, 0.1) is 0 Å². The Labute approximate surface area is 169 Å². The van der Waals surface area contributed by atoms with E-state index >= 15 is 0 Å². The van der Waals surface area contributed by atoms with Gasteiger partial charge in [0.15, 0.2) is 11.9 Å². The number of fused-ring (bicyclic) bond motifs is 1. The molecule has 0 unspecified atom stereocenters. The fraction of sp³-hybridized carbons (Fsp3) is 0.0952. The zero-order chi connectivity index (χ0) is 19.5. The molecule has 0 aliphatic carbocycles. The van der Waals surface area contributed by atoms with E-state index in [2.05, 4.69) is 9.97 Å². The van der Waals surface area contributed by atoms with Gasteiger partial charge < -0.3 is 9.72 Å². The van der Waals surface area contributed by atoms with Crippen molar-refractivity contribution in [2.75, 3.05) is 0 Å². The summed E-state index contributed by atoms with van der Waals surface area (Å²) in [4.78, 5) is 34.1. The molecule has 28 heavy (non-hydrogen) atoms. The maximum Gasteiger partial charge on any atom is 0.340 e. The second-order valence-corrected chi connectivity index (χ2v) is 7.99. The van der Waals surface area contributed by atoms with Gasteiger partial charge in [-0.05, 0) is 48.0 Å². The smallest absolute Gasteiger partial charge is 0.340 e. The second kappa shape index (κ2) is 7.92. The monoisotopic (exact) mass is 408 g/mol. The topological polar surface area (TPSA) is 72.0 Å². The van der Waals surface area contributed by atoms with Gasteiger partial charge in [0.2, 0.25) is 0 Å². The number of hydrogen-bond acceptors (Lipinski definition) is 6. The van der Waals surface area contributed by atoms with E-state index < -0.39 is 12.1 Å². The van der Waals surface area contributed by atoms with Gasteiger partial charge in [0.25, 0.3) is 5.56 Å². The van der Waals surface area contributed by atoms with Crippen LogP contribution in [-0.4, -0.2) is 15.9 Å². The van der Waals surface area contributed by atoms with Crippen LogP contribution in [0.1, 0.15) is 28.6 Å². The Bertz CT molecular complexity index is 1190. The number of nitrogens with zero attached hydrogens (tertiary/aromatic N) is 1. The summed E-state index contributed by atoms with van der Waals surface area (Å²) in [5, 5.41) is 4.37. The van der Waals surface area contributed by atoms with Crippen molar-refractivity contribution in [3.63, 3.8) is 0 Å². The SMILES string of the molecule is C[C@H](OC(=O)/C(=C/c1cccs1)c1cccs1)c1nc2ccccc2c(=O)[nH]1. The number of benzene rings is 1. The summed E-state index contributed by atoms with van der Waals surface area (Å²) in [5.74, 6) is -0.141. The Hall–Kier alpha value is -3.03. The van der Waals surface area contributed by atoms with Gasteiger partial charge >= 0.3 is 5.97 Å². The maximum absolute atomic E-state index is 12.9. The Balaban J connectivity index is 1.63. The van der Waals surface area contributed by atoms with Crippen molar-refractivity contribution in [1.29, 1.82) is 0 Å². The molecule has 0 bridgehead atoms. The molecule has 3 aromatic heterocycles. The van der Waals surface area contributed by atoms with E-state index in [0.29, 0.717) is 22.3 Å². The molecular weight excluding hydrogens is 392 g/mol. The van der Waals surface area contributed by atoms with Crippen molar-refractivity contribution in [1.82, 2.24) is 9.97 Å². The third-order valence-electron chi connectivity index (χ3n) is 4.14. The lowest BCUT2D eigenvalue weighted by Gasteiger charge is -2.14. The van der Waals surface area contributed by atoms with Crippen molar-refractivity contribution in [3.05, 3.63) is 85.2 Å². The Morgan fingerprint density at radius 1 is 1.11 bits per heavy atom. The molecule has 0 saturated heterocycles. The van der Waals surface area contributed by atoms with Crippen molar-refractivity contribution in [2.24, 2.45) is 0 Å². The third kappa shape index (κ3) is 3.81. The van der Waals surface area contributed by atoms with E-state index in [9.17, 15) is 9.59 Å². The molecular formula is C21H16N2O3S2. The van der Waals surface area contributed by atoms with Crippen molar-refractivity contribution in [2.45, 2.75) is 13.0 Å². The lowest BCUT2D eigenvalue weighted by molar-refractivity contribution is -0.141.